The van der Waals surface area contributed by atoms with E-state index in [1.165, 1.54) is 50.9 Å². The molecule has 1 aliphatic heterocycles. The van der Waals surface area contributed by atoms with E-state index in [4.69, 9.17) is 0 Å². The van der Waals surface area contributed by atoms with Gasteiger partial charge in [0.15, 0.2) is 0 Å². The van der Waals surface area contributed by atoms with Gasteiger partial charge in [-0.3, -0.25) is 0 Å². The van der Waals surface area contributed by atoms with Gasteiger partial charge >= 0.3 is 0 Å². The van der Waals surface area contributed by atoms with Crippen LogP contribution in [0.1, 0.15) is 32.6 Å². The number of rotatable bonds is 6. The summed E-state index contributed by atoms with van der Waals surface area (Å²) in [5, 5.41) is 3.42. The molecule has 1 saturated heterocycles. The zero-order chi connectivity index (χ0) is 11.1. The smallest absolute Gasteiger partial charge is 0.0184 e. The zero-order valence-corrected chi connectivity index (χ0v) is 10.4. The van der Waals surface area contributed by atoms with Crippen molar-refractivity contribution >= 4 is 0 Å². The quantitative estimate of drug-likeness (QED) is 0.677. The molecular weight excluding hydrogens is 184 g/mol. The molecule has 0 aromatic rings. The molecule has 0 bridgehead atoms. The highest BCUT2D eigenvalue weighted by Crippen LogP contribution is 2.17. The van der Waals surface area contributed by atoms with Gasteiger partial charge < -0.3 is 10.2 Å². The molecule has 1 aliphatic rings. The van der Waals surface area contributed by atoms with Crippen molar-refractivity contribution in [2.24, 2.45) is 5.92 Å². The van der Waals surface area contributed by atoms with E-state index in [-0.39, 0.29) is 0 Å². The molecule has 2 heteroatoms. The number of piperidine rings is 1. The summed E-state index contributed by atoms with van der Waals surface area (Å²) in [6.45, 7) is 10.8. The molecule has 1 rings (SSSR count). The van der Waals surface area contributed by atoms with Gasteiger partial charge in [-0.25, -0.2) is 0 Å². The van der Waals surface area contributed by atoms with E-state index in [9.17, 15) is 0 Å². The molecule has 0 aromatic heterocycles. The highest BCUT2D eigenvalue weighted by atomic mass is 15.1. The fourth-order valence-corrected chi connectivity index (χ4v) is 2.36. The van der Waals surface area contributed by atoms with E-state index >= 15 is 0 Å². The van der Waals surface area contributed by atoms with E-state index in [0.29, 0.717) is 0 Å². The van der Waals surface area contributed by atoms with Crippen molar-refractivity contribution < 1.29 is 0 Å². The Morgan fingerprint density at radius 2 is 2.07 bits per heavy atom. The van der Waals surface area contributed by atoms with Crippen LogP contribution in [0.2, 0.25) is 0 Å². The molecule has 0 aromatic carbocycles. The SMILES string of the molecule is C=C(C)CN(C)CCCC1CCNCC1. The predicted molar refractivity (Wildman–Crippen MR) is 67.1 cm³/mol. The Morgan fingerprint density at radius 3 is 2.67 bits per heavy atom. The van der Waals surface area contributed by atoms with E-state index in [2.05, 4.69) is 30.8 Å². The number of hydrogen-bond donors (Lipinski definition) is 1. The molecular formula is C13H26N2. The van der Waals surface area contributed by atoms with Gasteiger partial charge in [0, 0.05) is 6.54 Å². The molecule has 0 atom stereocenters. The standard InChI is InChI=1S/C13H26N2/c1-12(2)11-15(3)10-4-5-13-6-8-14-9-7-13/h13-14H,1,4-11H2,2-3H3. The number of likely N-dealkylation sites (N-methyl/N-ethyl adjacent to an activating group) is 1. The molecule has 0 aliphatic carbocycles. The number of nitrogens with one attached hydrogen (secondary N) is 1. The summed E-state index contributed by atoms with van der Waals surface area (Å²) in [6.07, 6.45) is 5.51. The van der Waals surface area contributed by atoms with Gasteiger partial charge in [-0.05, 0) is 65.2 Å². The van der Waals surface area contributed by atoms with Crippen LogP contribution in [0.4, 0.5) is 0 Å². The summed E-state index contributed by atoms with van der Waals surface area (Å²) in [6, 6.07) is 0. The summed E-state index contributed by atoms with van der Waals surface area (Å²) in [7, 11) is 2.19. The van der Waals surface area contributed by atoms with Crippen molar-refractivity contribution in [3.63, 3.8) is 0 Å². The Balaban J connectivity index is 2.02. The van der Waals surface area contributed by atoms with Crippen molar-refractivity contribution in [3.8, 4) is 0 Å². The first-order valence-corrected chi connectivity index (χ1v) is 6.22. The highest BCUT2D eigenvalue weighted by Gasteiger charge is 2.12. The normalized spacial score (nSPS) is 18.3. The molecule has 0 saturated carbocycles. The van der Waals surface area contributed by atoms with Crippen LogP contribution in [0, 0.1) is 5.92 Å². The molecule has 15 heavy (non-hydrogen) atoms. The molecule has 1 N–H and O–H groups in total. The Hall–Kier alpha value is -0.340. The first kappa shape index (κ1) is 12.7. The van der Waals surface area contributed by atoms with E-state index in [1.54, 1.807) is 0 Å². The maximum Gasteiger partial charge on any atom is 0.0184 e. The first-order valence-electron chi connectivity index (χ1n) is 6.22. The number of nitrogens with zero attached hydrogens (tertiary/aromatic N) is 1. The first-order chi connectivity index (χ1) is 7.18. The summed E-state index contributed by atoms with van der Waals surface area (Å²) in [5.74, 6) is 0.976. The van der Waals surface area contributed by atoms with Gasteiger partial charge in [0.25, 0.3) is 0 Å². The van der Waals surface area contributed by atoms with Crippen LogP contribution in [0.3, 0.4) is 0 Å². The topological polar surface area (TPSA) is 15.3 Å². The summed E-state index contributed by atoms with van der Waals surface area (Å²) in [5.41, 5.74) is 1.26. The molecule has 1 fully saturated rings. The minimum absolute atomic E-state index is 0.976. The Labute approximate surface area is 94.7 Å². The largest absolute Gasteiger partial charge is 0.317 e. The predicted octanol–water partition coefficient (Wildman–Crippen LogP) is 2.27. The molecule has 0 amide bonds. The lowest BCUT2D eigenvalue weighted by atomic mass is 9.93. The van der Waals surface area contributed by atoms with Crippen molar-refractivity contribution in [1.82, 2.24) is 10.2 Å². The third-order valence-corrected chi connectivity index (χ3v) is 3.15. The van der Waals surface area contributed by atoms with E-state index in [1.807, 2.05) is 0 Å². The molecule has 1 heterocycles. The van der Waals surface area contributed by atoms with Crippen LogP contribution in [-0.4, -0.2) is 38.1 Å². The third kappa shape index (κ3) is 5.95. The summed E-state index contributed by atoms with van der Waals surface area (Å²) in [4.78, 5) is 2.38. The highest BCUT2D eigenvalue weighted by molar-refractivity contribution is 4.90. The Morgan fingerprint density at radius 1 is 1.40 bits per heavy atom. The maximum absolute atomic E-state index is 3.94. The van der Waals surface area contributed by atoms with Crippen molar-refractivity contribution in [1.29, 1.82) is 0 Å². The van der Waals surface area contributed by atoms with Crippen LogP contribution in [0.5, 0.6) is 0 Å². The van der Waals surface area contributed by atoms with Gasteiger partial charge in [-0.15, -0.1) is 0 Å². The third-order valence-electron chi connectivity index (χ3n) is 3.15. The molecule has 0 unspecified atom stereocenters. The van der Waals surface area contributed by atoms with Crippen LogP contribution >= 0.6 is 0 Å². The second-order valence-corrected chi connectivity index (χ2v) is 5.03. The maximum atomic E-state index is 3.94. The lowest BCUT2D eigenvalue weighted by Gasteiger charge is -2.23. The van der Waals surface area contributed by atoms with Gasteiger partial charge in [0.2, 0.25) is 0 Å². The number of hydrogen-bond acceptors (Lipinski definition) is 2. The van der Waals surface area contributed by atoms with Crippen LogP contribution in [0.15, 0.2) is 12.2 Å². The second kappa shape index (κ2) is 7.02. The minimum atomic E-state index is 0.976. The summed E-state index contributed by atoms with van der Waals surface area (Å²) >= 11 is 0. The monoisotopic (exact) mass is 210 g/mol. The van der Waals surface area contributed by atoms with Gasteiger partial charge in [0.1, 0.15) is 0 Å². The fraction of sp³-hybridized carbons (Fsp3) is 0.846. The van der Waals surface area contributed by atoms with Crippen LogP contribution in [-0.2, 0) is 0 Å². The van der Waals surface area contributed by atoms with Crippen molar-refractivity contribution in [2.75, 3.05) is 33.2 Å². The van der Waals surface area contributed by atoms with Gasteiger partial charge in [-0.1, -0.05) is 12.2 Å². The molecule has 0 radical (unpaired) electrons. The summed E-state index contributed by atoms with van der Waals surface area (Å²) < 4.78 is 0. The van der Waals surface area contributed by atoms with Crippen LogP contribution < -0.4 is 5.32 Å². The lowest BCUT2D eigenvalue weighted by molar-refractivity contribution is 0.303. The lowest BCUT2D eigenvalue weighted by Crippen LogP contribution is -2.28. The second-order valence-electron chi connectivity index (χ2n) is 5.03. The minimum Gasteiger partial charge on any atom is -0.317 e. The average Bonchev–Trinajstić information content (AvgIpc) is 2.18. The van der Waals surface area contributed by atoms with E-state index in [0.717, 1.165) is 12.5 Å². The van der Waals surface area contributed by atoms with Gasteiger partial charge in [0.05, 0.1) is 0 Å². The molecule has 88 valence electrons. The average molecular weight is 210 g/mol. The van der Waals surface area contributed by atoms with E-state index < -0.39 is 0 Å². The van der Waals surface area contributed by atoms with Crippen LogP contribution in [0.25, 0.3) is 0 Å². The Bertz CT molecular complexity index is 183. The molecule has 0 spiro atoms. The van der Waals surface area contributed by atoms with Crippen molar-refractivity contribution in [3.05, 3.63) is 12.2 Å². The van der Waals surface area contributed by atoms with Gasteiger partial charge in [-0.2, -0.15) is 0 Å². The Kier molecular flexibility index (Phi) is 5.96. The zero-order valence-electron chi connectivity index (χ0n) is 10.4. The molecule has 2 nitrogen and oxygen atoms in total. The fourth-order valence-electron chi connectivity index (χ4n) is 2.36. The van der Waals surface area contributed by atoms with Crippen molar-refractivity contribution in [2.45, 2.75) is 32.6 Å².